The Balaban J connectivity index is 1.67. The molecule has 0 saturated carbocycles. The standard InChI is InChI=1S/C21H21FN4O/c1-13-3-4-15(22)10-19(13)26-20-23-8-6-17(25-20)14-9-16-18(24-11-14)5-7-21(16,2)12-27/h3-4,6,8-11,27H,5,7,12H2,1-2H3,(H,23,25,26). The molecular weight excluding hydrogens is 343 g/mol. The SMILES string of the molecule is Cc1ccc(F)cc1Nc1nccc(-c2cnc3c(c2)C(C)(CO)CC3)n1. The first kappa shape index (κ1) is 17.5. The molecule has 5 nitrogen and oxygen atoms in total. The van der Waals surface area contributed by atoms with Crippen molar-refractivity contribution in [1.82, 2.24) is 15.0 Å². The van der Waals surface area contributed by atoms with Gasteiger partial charge in [-0.15, -0.1) is 0 Å². The van der Waals surface area contributed by atoms with Gasteiger partial charge in [-0.2, -0.15) is 0 Å². The number of hydrogen-bond acceptors (Lipinski definition) is 5. The van der Waals surface area contributed by atoms with E-state index in [1.807, 2.05) is 19.2 Å². The Morgan fingerprint density at radius 1 is 1.22 bits per heavy atom. The first-order valence-electron chi connectivity index (χ1n) is 8.95. The summed E-state index contributed by atoms with van der Waals surface area (Å²) in [6, 6.07) is 8.44. The largest absolute Gasteiger partial charge is 0.395 e. The molecule has 2 N–H and O–H groups in total. The van der Waals surface area contributed by atoms with Gasteiger partial charge in [-0.3, -0.25) is 4.98 Å². The highest BCUT2D eigenvalue weighted by Crippen LogP contribution is 2.39. The van der Waals surface area contributed by atoms with Crippen LogP contribution in [-0.2, 0) is 11.8 Å². The number of halogens is 1. The van der Waals surface area contributed by atoms with E-state index in [1.54, 1.807) is 12.3 Å². The number of rotatable bonds is 4. The van der Waals surface area contributed by atoms with E-state index in [0.717, 1.165) is 40.9 Å². The highest BCUT2D eigenvalue weighted by molar-refractivity contribution is 5.64. The van der Waals surface area contributed by atoms with E-state index in [-0.39, 0.29) is 17.8 Å². The van der Waals surface area contributed by atoms with Crippen molar-refractivity contribution in [1.29, 1.82) is 0 Å². The second kappa shape index (κ2) is 6.70. The zero-order valence-corrected chi connectivity index (χ0v) is 15.3. The molecule has 2 heterocycles. The third kappa shape index (κ3) is 3.28. The van der Waals surface area contributed by atoms with Gasteiger partial charge in [-0.05, 0) is 55.2 Å². The molecule has 0 saturated heterocycles. The quantitative estimate of drug-likeness (QED) is 0.734. The van der Waals surface area contributed by atoms with Crippen LogP contribution in [0.15, 0.2) is 42.7 Å². The van der Waals surface area contributed by atoms with Gasteiger partial charge in [-0.25, -0.2) is 14.4 Å². The molecule has 6 heteroatoms. The van der Waals surface area contributed by atoms with Crippen molar-refractivity contribution in [3.8, 4) is 11.3 Å². The van der Waals surface area contributed by atoms with E-state index < -0.39 is 0 Å². The lowest BCUT2D eigenvalue weighted by Crippen LogP contribution is -2.23. The van der Waals surface area contributed by atoms with Crippen LogP contribution in [0.1, 0.15) is 30.2 Å². The number of anilines is 2. The normalized spacial score (nSPS) is 18.4. The number of benzene rings is 1. The molecule has 0 spiro atoms. The molecule has 0 fully saturated rings. The number of aliphatic hydroxyl groups excluding tert-OH is 1. The third-order valence-corrected chi connectivity index (χ3v) is 5.28. The highest BCUT2D eigenvalue weighted by atomic mass is 19.1. The Kier molecular flexibility index (Phi) is 4.36. The maximum Gasteiger partial charge on any atom is 0.227 e. The van der Waals surface area contributed by atoms with E-state index in [1.165, 1.54) is 12.1 Å². The van der Waals surface area contributed by atoms with Gasteiger partial charge in [0.05, 0.1) is 12.3 Å². The lowest BCUT2D eigenvalue weighted by Gasteiger charge is -2.22. The molecule has 1 aliphatic carbocycles. The van der Waals surface area contributed by atoms with Crippen molar-refractivity contribution in [2.24, 2.45) is 0 Å². The van der Waals surface area contributed by atoms with Crippen LogP contribution in [0.2, 0.25) is 0 Å². The van der Waals surface area contributed by atoms with E-state index in [0.29, 0.717) is 11.6 Å². The third-order valence-electron chi connectivity index (χ3n) is 5.28. The molecule has 0 bridgehead atoms. The van der Waals surface area contributed by atoms with Gasteiger partial charge in [0.15, 0.2) is 0 Å². The van der Waals surface area contributed by atoms with Crippen LogP contribution in [0.4, 0.5) is 16.0 Å². The molecule has 3 aromatic rings. The molecule has 0 amide bonds. The summed E-state index contributed by atoms with van der Waals surface area (Å²) in [5.41, 5.74) is 5.00. The Morgan fingerprint density at radius 3 is 2.89 bits per heavy atom. The molecule has 1 aliphatic rings. The van der Waals surface area contributed by atoms with Crippen LogP contribution in [0.3, 0.4) is 0 Å². The molecule has 4 rings (SSSR count). The van der Waals surface area contributed by atoms with Gasteiger partial charge in [0.2, 0.25) is 5.95 Å². The fourth-order valence-electron chi connectivity index (χ4n) is 3.48. The number of pyridine rings is 1. The van der Waals surface area contributed by atoms with Crippen LogP contribution >= 0.6 is 0 Å². The summed E-state index contributed by atoms with van der Waals surface area (Å²) in [6.07, 6.45) is 5.24. The minimum absolute atomic E-state index is 0.0978. The minimum atomic E-state index is -0.314. The van der Waals surface area contributed by atoms with E-state index in [9.17, 15) is 9.50 Å². The lowest BCUT2D eigenvalue weighted by atomic mass is 9.85. The van der Waals surface area contributed by atoms with Crippen molar-refractivity contribution in [3.63, 3.8) is 0 Å². The van der Waals surface area contributed by atoms with Gasteiger partial charge in [0, 0.05) is 34.8 Å². The number of fused-ring (bicyclic) bond motifs is 1. The predicted molar refractivity (Wildman–Crippen MR) is 102 cm³/mol. The second-order valence-corrected chi connectivity index (χ2v) is 7.29. The molecule has 138 valence electrons. The summed E-state index contributed by atoms with van der Waals surface area (Å²) >= 11 is 0. The van der Waals surface area contributed by atoms with Crippen molar-refractivity contribution in [2.45, 2.75) is 32.1 Å². The van der Waals surface area contributed by atoms with Gasteiger partial charge >= 0.3 is 0 Å². The lowest BCUT2D eigenvalue weighted by molar-refractivity contribution is 0.206. The van der Waals surface area contributed by atoms with E-state index in [4.69, 9.17) is 0 Å². The number of hydrogen-bond donors (Lipinski definition) is 2. The number of aromatic nitrogens is 3. The zero-order chi connectivity index (χ0) is 19.0. The molecule has 1 atom stereocenters. The predicted octanol–water partition coefficient (Wildman–Crippen LogP) is 3.93. The summed E-state index contributed by atoms with van der Waals surface area (Å²) in [7, 11) is 0. The highest BCUT2D eigenvalue weighted by Gasteiger charge is 2.34. The molecule has 2 aromatic heterocycles. The Bertz CT molecular complexity index is 1010. The number of nitrogens with zero attached hydrogens (tertiary/aromatic N) is 3. The average molecular weight is 364 g/mol. The van der Waals surface area contributed by atoms with Crippen molar-refractivity contribution in [3.05, 3.63) is 65.4 Å². The molecule has 1 unspecified atom stereocenters. The molecule has 1 aromatic carbocycles. The summed E-state index contributed by atoms with van der Waals surface area (Å²) in [4.78, 5) is 13.4. The van der Waals surface area contributed by atoms with Gasteiger partial charge < -0.3 is 10.4 Å². The van der Waals surface area contributed by atoms with Crippen LogP contribution in [0.5, 0.6) is 0 Å². The van der Waals surface area contributed by atoms with Crippen LogP contribution in [-0.4, -0.2) is 26.7 Å². The Labute approximate surface area is 157 Å². The topological polar surface area (TPSA) is 70.9 Å². The molecule has 0 aliphatic heterocycles. The number of aryl methyl sites for hydroxylation is 2. The second-order valence-electron chi connectivity index (χ2n) is 7.29. The number of aliphatic hydroxyl groups is 1. The molecule has 0 radical (unpaired) electrons. The Hall–Kier alpha value is -2.86. The first-order valence-corrected chi connectivity index (χ1v) is 8.95. The number of nitrogens with one attached hydrogen (secondary N) is 1. The van der Waals surface area contributed by atoms with Crippen molar-refractivity contribution >= 4 is 11.6 Å². The zero-order valence-electron chi connectivity index (χ0n) is 15.3. The summed E-state index contributed by atoms with van der Waals surface area (Å²) in [5.74, 6) is 0.0805. The summed E-state index contributed by atoms with van der Waals surface area (Å²) in [5, 5.41) is 12.9. The minimum Gasteiger partial charge on any atom is -0.395 e. The summed E-state index contributed by atoms with van der Waals surface area (Å²) < 4.78 is 13.5. The average Bonchev–Trinajstić information content (AvgIpc) is 3.02. The van der Waals surface area contributed by atoms with Crippen molar-refractivity contribution in [2.75, 3.05) is 11.9 Å². The summed E-state index contributed by atoms with van der Waals surface area (Å²) in [6.45, 7) is 4.05. The van der Waals surface area contributed by atoms with E-state index in [2.05, 4.69) is 33.3 Å². The van der Waals surface area contributed by atoms with Gasteiger partial charge in [-0.1, -0.05) is 13.0 Å². The monoisotopic (exact) mass is 364 g/mol. The maximum atomic E-state index is 13.5. The van der Waals surface area contributed by atoms with Gasteiger partial charge in [0.25, 0.3) is 0 Å². The van der Waals surface area contributed by atoms with Crippen LogP contribution in [0, 0.1) is 12.7 Å². The van der Waals surface area contributed by atoms with E-state index >= 15 is 0 Å². The molecular formula is C21H21FN4O. The Morgan fingerprint density at radius 2 is 2.07 bits per heavy atom. The van der Waals surface area contributed by atoms with Crippen LogP contribution < -0.4 is 5.32 Å². The van der Waals surface area contributed by atoms with Crippen LogP contribution in [0.25, 0.3) is 11.3 Å². The van der Waals surface area contributed by atoms with Crippen molar-refractivity contribution < 1.29 is 9.50 Å². The maximum absolute atomic E-state index is 13.5. The fourth-order valence-corrected chi connectivity index (χ4v) is 3.48. The first-order chi connectivity index (χ1) is 13.0. The molecule has 27 heavy (non-hydrogen) atoms. The fraction of sp³-hybridized carbons (Fsp3) is 0.286. The van der Waals surface area contributed by atoms with Gasteiger partial charge in [0.1, 0.15) is 5.82 Å². The smallest absolute Gasteiger partial charge is 0.227 e.